The molecule has 0 amide bonds. The second kappa shape index (κ2) is 6.00. The fraction of sp³-hybridized carbons (Fsp3) is 0.538. The van der Waals surface area contributed by atoms with Gasteiger partial charge < -0.3 is 5.32 Å². The average Bonchev–Trinajstić information content (AvgIpc) is 2.41. The summed E-state index contributed by atoms with van der Waals surface area (Å²) in [4.78, 5) is 0.258. The Balaban J connectivity index is 2.37. The molecular formula is C13H17Cl2NO2S. The summed E-state index contributed by atoms with van der Waals surface area (Å²) < 4.78 is 25.4. The second-order valence-corrected chi connectivity index (χ2v) is 7.82. The van der Waals surface area contributed by atoms with Crippen molar-refractivity contribution >= 4 is 33.0 Å². The first-order valence-electron chi connectivity index (χ1n) is 6.33. The molecule has 1 N–H and O–H groups in total. The van der Waals surface area contributed by atoms with Crippen molar-refractivity contribution in [2.75, 3.05) is 7.05 Å². The van der Waals surface area contributed by atoms with E-state index < -0.39 is 9.84 Å². The van der Waals surface area contributed by atoms with Crippen LogP contribution >= 0.6 is 23.2 Å². The average molecular weight is 322 g/mol. The van der Waals surface area contributed by atoms with Crippen LogP contribution in [-0.4, -0.2) is 26.8 Å². The summed E-state index contributed by atoms with van der Waals surface area (Å²) >= 11 is 11.8. The first-order chi connectivity index (χ1) is 8.96. The molecule has 0 saturated heterocycles. The molecule has 3 nitrogen and oxygen atoms in total. The quantitative estimate of drug-likeness (QED) is 0.929. The van der Waals surface area contributed by atoms with E-state index in [9.17, 15) is 8.42 Å². The van der Waals surface area contributed by atoms with E-state index in [4.69, 9.17) is 23.2 Å². The predicted octanol–water partition coefficient (Wildman–Crippen LogP) is 3.30. The molecule has 0 aliphatic heterocycles. The van der Waals surface area contributed by atoms with Gasteiger partial charge in [-0.1, -0.05) is 36.0 Å². The van der Waals surface area contributed by atoms with Gasteiger partial charge in [-0.15, -0.1) is 0 Å². The number of nitrogens with one attached hydrogen (secondary N) is 1. The van der Waals surface area contributed by atoms with Crippen LogP contribution in [0.4, 0.5) is 0 Å². The van der Waals surface area contributed by atoms with E-state index in [2.05, 4.69) is 5.32 Å². The van der Waals surface area contributed by atoms with E-state index in [1.165, 1.54) is 18.2 Å². The van der Waals surface area contributed by atoms with E-state index in [1.807, 2.05) is 7.05 Å². The molecule has 1 aromatic rings. The van der Waals surface area contributed by atoms with Gasteiger partial charge in [-0.05, 0) is 38.1 Å². The van der Waals surface area contributed by atoms with Crippen LogP contribution in [0.25, 0.3) is 0 Å². The first-order valence-corrected chi connectivity index (χ1v) is 8.63. The van der Waals surface area contributed by atoms with Crippen LogP contribution in [0, 0.1) is 0 Å². The molecule has 1 aliphatic rings. The molecule has 1 aromatic carbocycles. The lowest BCUT2D eigenvalue weighted by molar-refractivity contribution is 0.390. The van der Waals surface area contributed by atoms with Gasteiger partial charge in [0.25, 0.3) is 0 Å². The standard InChI is InChI=1S/C13H17Cl2NO2S/c1-16-12-4-2-3-5-13(12)19(17,18)9-6-7-10(14)11(15)8-9/h6-8,12-13,16H,2-5H2,1H3. The molecule has 1 fully saturated rings. The molecule has 2 atom stereocenters. The summed E-state index contributed by atoms with van der Waals surface area (Å²) in [6, 6.07) is 4.52. The molecule has 6 heteroatoms. The highest BCUT2D eigenvalue weighted by Gasteiger charge is 2.35. The Hall–Kier alpha value is -0.290. The maximum absolute atomic E-state index is 12.7. The second-order valence-electron chi connectivity index (χ2n) is 4.84. The molecule has 19 heavy (non-hydrogen) atoms. The maximum Gasteiger partial charge on any atom is 0.182 e. The van der Waals surface area contributed by atoms with Crippen molar-refractivity contribution in [1.82, 2.24) is 5.32 Å². The van der Waals surface area contributed by atoms with E-state index in [-0.39, 0.29) is 21.2 Å². The van der Waals surface area contributed by atoms with Gasteiger partial charge >= 0.3 is 0 Å². The van der Waals surface area contributed by atoms with Crippen molar-refractivity contribution in [1.29, 1.82) is 0 Å². The lowest BCUT2D eigenvalue weighted by atomic mass is 9.95. The molecule has 0 heterocycles. The third kappa shape index (κ3) is 3.07. The van der Waals surface area contributed by atoms with E-state index in [0.717, 1.165) is 19.3 Å². The Labute approximate surface area is 124 Å². The van der Waals surface area contributed by atoms with Crippen molar-refractivity contribution in [3.8, 4) is 0 Å². The molecule has 1 saturated carbocycles. The Kier molecular flexibility index (Phi) is 4.77. The number of halogens is 2. The summed E-state index contributed by atoms with van der Waals surface area (Å²) in [6.45, 7) is 0. The van der Waals surface area contributed by atoms with Gasteiger partial charge in [0.05, 0.1) is 20.2 Å². The van der Waals surface area contributed by atoms with Crippen molar-refractivity contribution in [2.45, 2.75) is 41.9 Å². The van der Waals surface area contributed by atoms with Crippen LogP contribution < -0.4 is 5.32 Å². The first kappa shape index (κ1) is 15.1. The Morgan fingerprint density at radius 1 is 1.16 bits per heavy atom. The van der Waals surface area contributed by atoms with Crippen molar-refractivity contribution in [3.63, 3.8) is 0 Å². The van der Waals surface area contributed by atoms with Crippen LogP contribution in [0.2, 0.25) is 10.0 Å². The van der Waals surface area contributed by atoms with Gasteiger partial charge in [0, 0.05) is 6.04 Å². The van der Waals surface area contributed by atoms with Gasteiger partial charge in [-0.2, -0.15) is 0 Å². The fourth-order valence-corrected chi connectivity index (χ4v) is 5.06. The van der Waals surface area contributed by atoms with E-state index in [1.54, 1.807) is 0 Å². The Bertz CT molecular complexity index is 560. The van der Waals surface area contributed by atoms with Gasteiger partial charge in [0.1, 0.15) is 0 Å². The highest BCUT2D eigenvalue weighted by molar-refractivity contribution is 7.92. The maximum atomic E-state index is 12.7. The lowest BCUT2D eigenvalue weighted by Crippen LogP contribution is -2.44. The zero-order valence-electron chi connectivity index (χ0n) is 10.7. The van der Waals surface area contributed by atoms with E-state index >= 15 is 0 Å². The van der Waals surface area contributed by atoms with Crippen LogP contribution in [0.15, 0.2) is 23.1 Å². The molecule has 0 bridgehead atoms. The SMILES string of the molecule is CNC1CCCCC1S(=O)(=O)c1ccc(Cl)c(Cl)c1. The molecular weight excluding hydrogens is 305 g/mol. The van der Waals surface area contributed by atoms with E-state index in [0.29, 0.717) is 11.4 Å². The third-order valence-corrected chi connectivity index (χ3v) is 6.70. The minimum absolute atomic E-state index is 0.00760. The lowest BCUT2D eigenvalue weighted by Gasteiger charge is -2.30. The number of hydrogen-bond acceptors (Lipinski definition) is 3. The predicted molar refractivity (Wildman–Crippen MR) is 78.8 cm³/mol. The third-order valence-electron chi connectivity index (χ3n) is 3.69. The minimum Gasteiger partial charge on any atom is -0.316 e. The number of sulfone groups is 1. The largest absolute Gasteiger partial charge is 0.316 e. The van der Waals surface area contributed by atoms with Crippen molar-refractivity contribution in [2.24, 2.45) is 0 Å². The summed E-state index contributed by atoms with van der Waals surface area (Å²) in [6.07, 6.45) is 3.60. The van der Waals surface area contributed by atoms with Gasteiger partial charge in [-0.3, -0.25) is 0 Å². The van der Waals surface area contributed by atoms with Crippen LogP contribution in [0.1, 0.15) is 25.7 Å². The normalized spacial score (nSPS) is 24.4. The molecule has 2 rings (SSSR count). The van der Waals surface area contributed by atoms with Crippen LogP contribution in [-0.2, 0) is 9.84 Å². The van der Waals surface area contributed by atoms with Crippen LogP contribution in [0.5, 0.6) is 0 Å². The highest BCUT2D eigenvalue weighted by atomic mass is 35.5. The Morgan fingerprint density at radius 2 is 1.84 bits per heavy atom. The summed E-state index contributed by atoms with van der Waals surface area (Å²) in [5, 5.41) is 3.38. The molecule has 106 valence electrons. The zero-order valence-corrected chi connectivity index (χ0v) is 13.0. The summed E-state index contributed by atoms with van der Waals surface area (Å²) in [5.41, 5.74) is 0. The topological polar surface area (TPSA) is 46.2 Å². The summed E-state index contributed by atoms with van der Waals surface area (Å²) in [5.74, 6) is 0. The molecule has 0 radical (unpaired) electrons. The molecule has 0 spiro atoms. The minimum atomic E-state index is -3.37. The molecule has 0 aromatic heterocycles. The summed E-state index contributed by atoms with van der Waals surface area (Å²) in [7, 11) is -1.56. The number of hydrogen-bond donors (Lipinski definition) is 1. The highest BCUT2D eigenvalue weighted by Crippen LogP contribution is 2.32. The molecule has 2 unspecified atom stereocenters. The van der Waals surface area contributed by atoms with Crippen LogP contribution in [0.3, 0.4) is 0 Å². The van der Waals surface area contributed by atoms with Gasteiger partial charge in [0.2, 0.25) is 0 Å². The van der Waals surface area contributed by atoms with Gasteiger partial charge in [0.15, 0.2) is 9.84 Å². The smallest absolute Gasteiger partial charge is 0.182 e. The number of benzene rings is 1. The Morgan fingerprint density at radius 3 is 2.47 bits per heavy atom. The number of rotatable bonds is 3. The monoisotopic (exact) mass is 321 g/mol. The van der Waals surface area contributed by atoms with Crippen molar-refractivity contribution < 1.29 is 8.42 Å². The zero-order chi connectivity index (χ0) is 14.0. The molecule has 1 aliphatic carbocycles. The van der Waals surface area contributed by atoms with Crippen molar-refractivity contribution in [3.05, 3.63) is 28.2 Å². The van der Waals surface area contributed by atoms with Gasteiger partial charge in [-0.25, -0.2) is 8.42 Å². The fourth-order valence-electron chi connectivity index (χ4n) is 2.63.